The highest BCUT2D eigenvalue weighted by molar-refractivity contribution is 7.89. The maximum absolute atomic E-state index is 12.0. The molecule has 1 aromatic heterocycles. The largest absolute Gasteiger partial charge is 0.322 e. The number of nitrogens with one attached hydrogen (secondary N) is 1. The van der Waals surface area contributed by atoms with Crippen molar-refractivity contribution in [3.8, 4) is 0 Å². The van der Waals surface area contributed by atoms with E-state index in [0.29, 0.717) is 5.52 Å². The van der Waals surface area contributed by atoms with Crippen molar-refractivity contribution in [3.63, 3.8) is 0 Å². The maximum atomic E-state index is 12.0. The molecule has 96 valence electrons. The van der Waals surface area contributed by atoms with Gasteiger partial charge in [-0.25, -0.2) is 12.7 Å². The molecule has 0 aliphatic carbocycles. The second-order valence-electron chi connectivity index (χ2n) is 4.31. The zero-order valence-corrected chi connectivity index (χ0v) is 11.2. The summed E-state index contributed by atoms with van der Waals surface area (Å²) >= 11 is 0. The standard InChI is InChI=1S/C12H14N2O3S/c1-8-6-12(15)13-11-5-4-9(7-10(8)11)18(16,17)14(2)3/h4-7H,1-3H3,(H,13,15). The number of sulfonamides is 1. The lowest BCUT2D eigenvalue weighted by molar-refractivity contribution is 0.521. The van der Waals surface area contributed by atoms with E-state index in [1.165, 1.54) is 26.2 Å². The van der Waals surface area contributed by atoms with Crippen molar-refractivity contribution in [1.82, 2.24) is 9.29 Å². The van der Waals surface area contributed by atoms with Gasteiger partial charge in [0.15, 0.2) is 0 Å². The first-order valence-corrected chi connectivity index (χ1v) is 6.82. The van der Waals surface area contributed by atoms with Gasteiger partial charge in [-0.3, -0.25) is 4.79 Å². The Morgan fingerprint density at radius 3 is 2.44 bits per heavy atom. The Morgan fingerprint density at radius 1 is 1.17 bits per heavy atom. The summed E-state index contributed by atoms with van der Waals surface area (Å²) in [6, 6.07) is 6.14. The second kappa shape index (κ2) is 4.22. The van der Waals surface area contributed by atoms with Crippen LogP contribution in [0.2, 0.25) is 0 Å². The molecule has 0 unspecified atom stereocenters. The molecule has 0 atom stereocenters. The van der Waals surface area contributed by atoms with Crippen molar-refractivity contribution in [3.05, 3.63) is 40.2 Å². The Labute approximate surface area is 105 Å². The Bertz CT molecular complexity index is 760. The first kappa shape index (κ1) is 12.8. The molecule has 6 heteroatoms. The fourth-order valence-corrected chi connectivity index (χ4v) is 2.70. The summed E-state index contributed by atoms with van der Waals surface area (Å²) in [5.41, 5.74) is 1.20. The Hall–Kier alpha value is -1.66. The number of H-pyrrole nitrogens is 1. The number of fused-ring (bicyclic) bond motifs is 1. The molecule has 0 aliphatic heterocycles. The predicted octanol–water partition coefficient (Wildman–Crippen LogP) is 1.09. The van der Waals surface area contributed by atoms with Gasteiger partial charge in [-0.1, -0.05) is 0 Å². The SMILES string of the molecule is Cc1cc(=O)[nH]c2ccc(S(=O)(=O)N(C)C)cc12. The summed E-state index contributed by atoms with van der Waals surface area (Å²) < 4.78 is 25.2. The minimum Gasteiger partial charge on any atom is -0.322 e. The molecule has 0 fully saturated rings. The maximum Gasteiger partial charge on any atom is 0.248 e. The van der Waals surface area contributed by atoms with Gasteiger partial charge in [-0.2, -0.15) is 0 Å². The fraction of sp³-hybridized carbons (Fsp3) is 0.250. The number of hydrogen-bond acceptors (Lipinski definition) is 3. The minimum atomic E-state index is -3.45. The van der Waals surface area contributed by atoms with E-state index >= 15 is 0 Å². The molecule has 1 N–H and O–H groups in total. The number of aromatic amines is 1. The molecule has 0 saturated carbocycles. The van der Waals surface area contributed by atoms with Crippen LogP contribution in [0.3, 0.4) is 0 Å². The van der Waals surface area contributed by atoms with Gasteiger partial charge in [0.2, 0.25) is 15.6 Å². The van der Waals surface area contributed by atoms with Crippen molar-refractivity contribution in [2.24, 2.45) is 0 Å². The summed E-state index contributed by atoms with van der Waals surface area (Å²) in [7, 11) is -0.483. The number of benzene rings is 1. The van der Waals surface area contributed by atoms with Gasteiger partial charge < -0.3 is 4.98 Å². The average Bonchev–Trinajstić information content (AvgIpc) is 2.27. The number of pyridine rings is 1. The first-order valence-electron chi connectivity index (χ1n) is 5.38. The molecule has 0 spiro atoms. The molecule has 18 heavy (non-hydrogen) atoms. The van der Waals surface area contributed by atoms with Crippen LogP contribution in [0.25, 0.3) is 10.9 Å². The molecule has 0 aliphatic rings. The highest BCUT2D eigenvalue weighted by atomic mass is 32.2. The third-order valence-corrected chi connectivity index (χ3v) is 4.61. The first-order chi connectivity index (χ1) is 8.32. The van der Waals surface area contributed by atoms with Crippen LogP contribution in [0.15, 0.2) is 34.0 Å². The summed E-state index contributed by atoms with van der Waals surface area (Å²) in [6.07, 6.45) is 0. The number of nitrogens with zero attached hydrogens (tertiary/aromatic N) is 1. The molecule has 0 amide bonds. The van der Waals surface area contributed by atoms with E-state index in [4.69, 9.17) is 0 Å². The Morgan fingerprint density at radius 2 is 1.83 bits per heavy atom. The van der Waals surface area contributed by atoms with Crippen LogP contribution in [-0.4, -0.2) is 31.8 Å². The lowest BCUT2D eigenvalue weighted by atomic mass is 10.1. The lowest BCUT2D eigenvalue weighted by Gasteiger charge is -2.12. The normalized spacial score (nSPS) is 12.2. The lowest BCUT2D eigenvalue weighted by Crippen LogP contribution is -2.22. The Kier molecular flexibility index (Phi) is 3.00. The summed E-state index contributed by atoms with van der Waals surface area (Å²) in [5, 5.41) is 0.734. The van der Waals surface area contributed by atoms with E-state index in [1.807, 2.05) is 0 Å². The third kappa shape index (κ3) is 2.04. The van der Waals surface area contributed by atoms with Gasteiger partial charge in [0, 0.05) is 31.1 Å². The number of aromatic nitrogens is 1. The van der Waals surface area contributed by atoms with E-state index in [2.05, 4.69) is 4.98 Å². The van der Waals surface area contributed by atoms with Crippen LogP contribution in [-0.2, 0) is 10.0 Å². The van der Waals surface area contributed by atoms with Crippen LogP contribution in [0.4, 0.5) is 0 Å². The highest BCUT2D eigenvalue weighted by Crippen LogP contribution is 2.20. The van der Waals surface area contributed by atoms with Gasteiger partial charge >= 0.3 is 0 Å². The number of rotatable bonds is 2. The van der Waals surface area contributed by atoms with E-state index in [9.17, 15) is 13.2 Å². The average molecular weight is 266 g/mol. The zero-order chi connectivity index (χ0) is 13.5. The van der Waals surface area contributed by atoms with Crippen molar-refractivity contribution in [1.29, 1.82) is 0 Å². The minimum absolute atomic E-state index is 0.191. The monoisotopic (exact) mass is 266 g/mol. The molecule has 0 saturated heterocycles. The summed E-state index contributed by atoms with van der Waals surface area (Å²) in [4.78, 5) is 14.2. The van der Waals surface area contributed by atoms with E-state index in [-0.39, 0.29) is 10.5 Å². The van der Waals surface area contributed by atoms with Crippen LogP contribution < -0.4 is 5.56 Å². The van der Waals surface area contributed by atoms with Crippen LogP contribution in [0, 0.1) is 6.92 Å². The van der Waals surface area contributed by atoms with Gasteiger partial charge in [0.1, 0.15) is 0 Å². The molecular formula is C12H14N2O3S. The Balaban J connectivity index is 2.76. The van der Waals surface area contributed by atoms with E-state index < -0.39 is 10.0 Å². The number of aryl methyl sites for hydroxylation is 1. The summed E-state index contributed by atoms with van der Waals surface area (Å²) in [5.74, 6) is 0. The van der Waals surface area contributed by atoms with Gasteiger partial charge in [-0.15, -0.1) is 0 Å². The van der Waals surface area contributed by atoms with Crippen molar-refractivity contribution in [2.45, 2.75) is 11.8 Å². The van der Waals surface area contributed by atoms with Crippen molar-refractivity contribution in [2.75, 3.05) is 14.1 Å². The van der Waals surface area contributed by atoms with Gasteiger partial charge in [0.05, 0.1) is 4.90 Å². The number of hydrogen-bond donors (Lipinski definition) is 1. The molecule has 2 aromatic rings. The molecular weight excluding hydrogens is 252 g/mol. The smallest absolute Gasteiger partial charge is 0.248 e. The van der Waals surface area contributed by atoms with Crippen molar-refractivity contribution < 1.29 is 8.42 Å². The van der Waals surface area contributed by atoms with Crippen molar-refractivity contribution >= 4 is 20.9 Å². The fourth-order valence-electron chi connectivity index (χ4n) is 1.77. The molecule has 0 radical (unpaired) electrons. The quantitative estimate of drug-likeness (QED) is 0.884. The molecule has 1 heterocycles. The van der Waals surface area contributed by atoms with E-state index in [0.717, 1.165) is 15.3 Å². The van der Waals surface area contributed by atoms with E-state index in [1.54, 1.807) is 19.1 Å². The topological polar surface area (TPSA) is 70.2 Å². The molecule has 2 rings (SSSR count). The van der Waals surface area contributed by atoms with Crippen LogP contribution in [0.1, 0.15) is 5.56 Å². The summed E-state index contributed by atoms with van der Waals surface area (Å²) in [6.45, 7) is 1.78. The van der Waals surface area contributed by atoms with Gasteiger partial charge in [-0.05, 0) is 30.7 Å². The molecule has 1 aromatic carbocycles. The predicted molar refractivity (Wildman–Crippen MR) is 70.2 cm³/mol. The van der Waals surface area contributed by atoms with Crippen LogP contribution in [0.5, 0.6) is 0 Å². The third-order valence-electron chi connectivity index (χ3n) is 2.80. The van der Waals surface area contributed by atoms with Gasteiger partial charge in [0.25, 0.3) is 0 Å². The van der Waals surface area contributed by atoms with Crippen LogP contribution >= 0.6 is 0 Å². The molecule has 5 nitrogen and oxygen atoms in total. The second-order valence-corrected chi connectivity index (χ2v) is 6.46. The molecule has 0 bridgehead atoms. The zero-order valence-electron chi connectivity index (χ0n) is 10.4. The highest BCUT2D eigenvalue weighted by Gasteiger charge is 2.17.